The minimum absolute atomic E-state index is 0.0294. The van der Waals surface area contributed by atoms with E-state index in [1.54, 1.807) is 49.8 Å². The molecule has 0 aromatic heterocycles. The molecule has 0 aliphatic heterocycles. The van der Waals surface area contributed by atoms with Gasteiger partial charge in [0.2, 0.25) is 0 Å². The second-order valence-corrected chi connectivity index (χ2v) is 6.57. The van der Waals surface area contributed by atoms with Crippen LogP contribution >= 0.6 is 0 Å². The smallest absolute Gasteiger partial charge is 0.331 e. The van der Waals surface area contributed by atoms with Crippen molar-refractivity contribution >= 4 is 23.4 Å². The van der Waals surface area contributed by atoms with Crippen LogP contribution in [0.15, 0.2) is 66.7 Å². The summed E-state index contributed by atoms with van der Waals surface area (Å²) >= 11 is 0. The number of hydrogen-bond acceptors (Lipinski definition) is 7. The Labute approximate surface area is 180 Å². The molecule has 4 N–H and O–H groups in total. The first-order valence-electron chi connectivity index (χ1n) is 9.33. The van der Waals surface area contributed by atoms with Crippen molar-refractivity contribution < 1.29 is 19.0 Å². The monoisotopic (exact) mass is 415 g/mol. The Morgan fingerprint density at radius 1 is 1.03 bits per heavy atom. The third kappa shape index (κ3) is 5.55. The van der Waals surface area contributed by atoms with Gasteiger partial charge in [-0.05, 0) is 53.6 Å². The Kier molecular flexibility index (Phi) is 6.76. The van der Waals surface area contributed by atoms with E-state index in [2.05, 4.69) is 0 Å². The van der Waals surface area contributed by atoms with Gasteiger partial charge < -0.3 is 25.7 Å². The molecule has 31 heavy (non-hydrogen) atoms. The fourth-order valence-electron chi connectivity index (χ4n) is 2.90. The summed E-state index contributed by atoms with van der Waals surface area (Å²) < 4.78 is 15.5. The maximum Gasteiger partial charge on any atom is 0.331 e. The van der Waals surface area contributed by atoms with E-state index < -0.39 is 5.97 Å². The van der Waals surface area contributed by atoms with Crippen molar-refractivity contribution in [1.29, 1.82) is 5.26 Å². The van der Waals surface area contributed by atoms with Gasteiger partial charge in [0.15, 0.2) is 0 Å². The standard InChI is InChI=1S/C24H21N3O4/c1-29-23-13-18(16-4-8-21(9-5-16)31-15-25)3-2-17(23)6-11-24(28)30-14-19-12-20(26)7-10-22(19)27/h2-13H,14,26-27H2,1H3/b11-6+. The highest BCUT2D eigenvalue weighted by Crippen LogP contribution is 2.29. The number of nitrogens with zero attached hydrogens (tertiary/aromatic N) is 1. The van der Waals surface area contributed by atoms with Crippen LogP contribution in [-0.4, -0.2) is 13.1 Å². The zero-order valence-corrected chi connectivity index (χ0v) is 16.9. The number of nitriles is 1. The van der Waals surface area contributed by atoms with Gasteiger partial charge in [0, 0.05) is 28.6 Å². The van der Waals surface area contributed by atoms with E-state index in [1.165, 1.54) is 6.08 Å². The summed E-state index contributed by atoms with van der Waals surface area (Å²) in [6, 6.07) is 17.7. The molecule has 0 spiro atoms. The maximum atomic E-state index is 12.1. The van der Waals surface area contributed by atoms with Crippen molar-refractivity contribution in [2.75, 3.05) is 18.6 Å². The van der Waals surface area contributed by atoms with Gasteiger partial charge in [-0.15, -0.1) is 5.26 Å². The summed E-state index contributed by atoms with van der Waals surface area (Å²) in [6.07, 6.45) is 4.59. The fraction of sp³-hybridized carbons (Fsp3) is 0.0833. The lowest BCUT2D eigenvalue weighted by molar-refractivity contribution is -0.138. The zero-order chi connectivity index (χ0) is 22.2. The lowest BCUT2D eigenvalue weighted by atomic mass is 10.0. The quantitative estimate of drug-likeness (QED) is 0.257. The molecule has 0 radical (unpaired) electrons. The van der Waals surface area contributed by atoms with Crippen LogP contribution in [0.5, 0.6) is 11.5 Å². The molecular weight excluding hydrogens is 394 g/mol. The Balaban J connectivity index is 1.69. The average Bonchev–Trinajstić information content (AvgIpc) is 2.79. The van der Waals surface area contributed by atoms with Crippen molar-refractivity contribution in [3.05, 3.63) is 77.9 Å². The molecule has 0 unspecified atom stereocenters. The molecule has 7 nitrogen and oxygen atoms in total. The summed E-state index contributed by atoms with van der Waals surface area (Å²) in [6.45, 7) is 0.0294. The highest BCUT2D eigenvalue weighted by atomic mass is 16.5. The largest absolute Gasteiger partial charge is 0.496 e. The summed E-state index contributed by atoms with van der Waals surface area (Å²) in [4.78, 5) is 12.1. The van der Waals surface area contributed by atoms with Crippen LogP contribution in [0.2, 0.25) is 0 Å². The van der Waals surface area contributed by atoms with E-state index in [0.29, 0.717) is 28.4 Å². The summed E-state index contributed by atoms with van der Waals surface area (Å²) in [5.41, 5.74) is 15.9. The van der Waals surface area contributed by atoms with Crippen LogP contribution < -0.4 is 20.9 Å². The number of benzene rings is 3. The number of nitrogen functional groups attached to an aromatic ring is 2. The van der Waals surface area contributed by atoms with Crippen molar-refractivity contribution in [2.24, 2.45) is 0 Å². The first-order chi connectivity index (χ1) is 15.0. The number of esters is 1. The molecule has 0 atom stereocenters. The Morgan fingerprint density at radius 3 is 2.48 bits per heavy atom. The van der Waals surface area contributed by atoms with Gasteiger partial charge in [0.1, 0.15) is 18.1 Å². The number of methoxy groups -OCH3 is 1. The highest BCUT2D eigenvalue weighted by molar-refractivity contribution is 5.88. The van der Waals surface area contributed by atoms with E-state index in [4.69, 9.17) is 30.9 Å². The molecule has 0 heterocycles. The van der Waals surface area contributed by atoms with E-state index in [0.717, 1.165) is 16.7 Å². The van der Waals surface area contributed by atoms with Crippen molar-refractivity contribution in [3.63, 3.8) is 0 Å². The molecule has 0 saturated heterocycles. The fourth-order valence-corrected chi connectivity index (χ4v) is 2.90. The van der Waals surface area contributed by atoms with Crippen molar-refractivity contribution in [3.8, 4) is 28.9 Å². The molecular formula is C24H21N3O4. The van der Waals surface area contributed by atoms with E-state index in [-0.39, 0.29) is 6.61 Å². The average molecular weight is 415 g/mol. The number of anilines is 2. The molecule has 0 bridgehead atoms. The number of ether oxygens (including phenoxy) is 3. The Hall–Kier alpha value is -4.44. The number of hydrogen-bond donors (Lipinski definition) is 2. The topological polar surface area (TPSA) is 121 Å². The van der Waals surface area contributed by atoms with Crippen LogP contribution in [0.1, 0.15) is 11.1 Å². The molecule has 156 valence electrons. The normalized spacial score (nSPS) is 10.5. The Morgan fingerprint density at radius 2 is 1.77 bits per heavy atom. The molecule has 0 saturated carbocycles. The van der Waals surface area contributed by atoms with Crippen LogP contribution in [0.25, 0.3) is 17.2 Å². The van der Waals surface area contributed by atoms with E-state index >= 15 is 0 Å². The van der Waals surface area contributed by atoms with Crippen molar-refractivity contribution in [1.82, 2.24) is 0 Å². The zero-order valence-electron chi connectivity index (χ0n) is 16.9. The lowest BCUT2D eigenvalue weighted by Gasteiger charge is -2.09. The van der Waals surface area contributed by atoms with E-state index in [1.807, 2.05) is 30.3 Å². The first-order valence-corrected chi connectivity index (χ1v) is 9.33. The molecule has 7 heteroatoms. The number of nitrogens with two attached hydrogens (primary N) is 2. The van der Waals surface area contributed by atoms with Gasteiger partial charge in [0.25, 0.3) is 6.26 Å². The van der Waals surface area contributed by atoms with E-state index in [9.17, 15) is 4.79 Å². The van der Waals surface area contributed by atoms with Crippen molar-refractivity contribution in [2.45, 2.75) is 6.61 Å². The van der Waals surface area contributed by atoms with Gasteiger partial charge >= 0.3 is 5.97 Å². The first kappa shape index (κ1) is 21.3. The van der Waals surface area contributed by atoms with Crippen LogP contribution in [0.3, 0.4) is 0 Å². The SMILES string of the molecule is COc1cc(-c2ccc(OC#N)cc2)ccc1/C=C/C(=O)OCc1cc(N)ccc1N. The highest BCUT2D eigenvalue weighted by Gasteiger charge is 2.07. The lowest BCUT2D eigenvalue weighted by Crippen LogP contribution is -2.04. The molecule has 0 aliphatic rings. The number of carbonyl (C=O) groups is 1. The molecule has 3 aromatic carbocycles. The van der Waals surface area contributed by atoms with Crippen LogP contribution in [-0.2, 0) is 16.1 Å². The predicted octanol–water partition coefficient (Wildman–Crippen LogP) is 4.14. The van der Waals surface area contributed by atoms with Gasteiger partial charge in [-0.3, -0.25) is 0 Å². The second kappa shape index (κ2) is 9.85. The summed E-state index contributed by atoms with van der Waals surface area (Å²) in [5.74, 6) is 0.552. The number of rotatable bonds is 7. The number of carbonyl (C=O) groups excluding carboxylic acids is 1. The third-order valence-electron chi connectivity index (χ3n) is 4.52. The van der Waals surface area contributed by atoms with Gasteiger partial charge in [-0.2, -0.15) is 0 Å². The molecule has 0 fully saturated rings. The van der Waals surface area contributed by atoms with Crippen LogP contribution in [0.4, 0.5) is 11.4 Å². The van der Waals surface area contributed by atoms with Crippen LogP contribution in [0, 0.1) is 11.5 Å². The minimum atomic E-state index is -0.513. The summed E-state index contributed by atoms with van der Waals surface area (Å²) in [7, 11) is 1.56. The maximum absolute atomic E-state index is 12.1. The minimum Gasteiger partial charge on any atom is -0.496 e. The molecule has 3 rings (SSSR count). The van der Waals surface area contributed by atoms with Gasteiger partial charge in [0.05, 0.1) is 7.11 Å². The summed E-state index contributed by atoms with van der Waals surface area (Å²) in [5, 5.41) is 8.57. The molecule has 3 aromatic rings. The predicted molar refractivity (Wildman–Crippen MR) is 119 cm³/mol. The molecule has 0 amide bonds. The third-order valence-corrected chi connectivity index (χ3v) is 4.52. The Bertz CT molecular complexity index is 1150. The molecule has 0 aliphatic carbocycles. The van der Waals surface area contributed by atoms with Gasteiger partial charge in [-0.25, -0.2) is 4.79 Å². The van der Waals surface area contributed by atoms with Gasteiger partial charge in [-0.1, -0.05) is 24.3 Å². The second-order valence-electron chi connectivity index (χ2n) is 6.57.